The number of nitrogens with one attached hydrogen (secondary N) is 1. The monoisotopic (exact) mass is 350 g/mol. The third-order valence-electron chi connectivity index (χ3n) is 3.77. The Morgan fingerprint density at radius 1 is 1.12 bits per heavy atom. The minimum absolute atomic E-state index is 0.123. The Hall–Kier alpha value is -3.20. The molecule has 0 radical (unpaired) electrons. The molecule has 1 aromatic carbocycles. The van der Waals surface area contributed by atoms with Gasteiger partial charge in [-0.25, -0.2) is 0 Å². The van der Waals surface area contributed by atoms with Gasteiger partial charge in [0.1, 0.15) is 0 Å². The number of anilines is 1. The molecule has 0 aliphatic heterocycles. The van der Waals surface area contributed by atoms with Gasteiger partial charge in [-0.05, 0) is 37.1 Å². The Bertz CT molecular complexity index is 821. The fourth-order valence-electron chi connectivity index (χ4n) is 2.59. The number of carbonyl (C=O) groups excluding carboxylic acids is 2. The number of hydrogen-bond donors (Lipinski definition) is 1. The highest BCUT2D eigenvalue weighted by Crippen LogP contribution is 2.13. The van der Waals surface area contributed by atoms with Crippen molar-refractivity contribution in [3.05, 3.63) is 59.4 Å². The largest absolute Gasteiger partial charge is 0.339 e. The molecular weight excluding hydrogens is 328 g/mol. The maximum atomic E-state index is 12.7. The third kappa shape index (κ3) is 4.90. The fraction of sp³-hybridized carbons (Fsp3) is 0.300. The summed E-state index contributed by atoms with van der Waals surface area (Å²) in [6.45, 7) is 5.38. The smallest absolute Gasteiger partial charge is 0.257 e. The van der Waals surface area contributed by atoms with Crippen molar-refractivity contribution >= 4 is 17.5 Å². The molecule has 0 fully saturated rings. The molecule has 0 saturated heterocycles. The van der Waals surface area contributed by atoms with Crippen molar-refractivity contribution in [2.24, 2.45) is 0 Å². The van der Waals surface area contributed by atoms with Gasteiger partial charge in [-0.15, -0.1) is 0 Å². The first-order valence-corrected chi connectivity index (χ1v) is 8.64. The van der Waals surface area contributed by atoms with Crippen molar-refractivity contribution < 1.29 is 9.59 Å². The molecule has 0 aliphatic rings. The zero-order valence-corrected chi connectivity index (χ0v) is 15.0. The van der Waals surface area contributed by atoms with E-state index in [2.05, 4.69) is 10.3 Å². The van der Waals surface area contributed by atoms with E-state index in [1.54, 1.807) is 35.2 Å². The highest BCUT2D eigenvalue weighted by molar-refractivity contribution is 6.05. The van der Waals surface area contributed by atoms with Crippen LogP contribution >= 0.6 is 0 Å². The molecule has 0 aliphatic carbocycles. The van der Waals surface area contributed by atoms with Crippen LogP contribution in [0.25, 0.3) is 0 Å². The van der Waals surface area contributed by atoms with E-state index in [9.17, 15) is 9.59 Å². The average molecular weight is 350 g/mol. The molecule has 6 heteroatoms. The zero-order valence-electron chi connectivity index (χ0n) is 15.0. The van der Waals surface area contributed by atoms with Crippen LogP contribution in [0.3, 0.4) is 0 Å². The van der Waals surface area contributed by atoms with Gasteiger partial charge < -0.3 is 10.2 Å². The number of carbonyl (C=O) groups is 2. The lowest BCUT2D eigenvalue weighted by Crippen LogP contribution is -2.32. The number of aromatic nitrogens is 1. The number of nitrogens with zero attached hydrogens (tertiary/aromatic N) is 3. The summed E-state index contributed by atoms with van der Waals surface area (Å²) in [4.78, 5) is 30.9. The Balaban J connectivity index is 2.18. The lowest BCUT2D eigenvalue weighted by molar-refractivity contribution is 0.0755. The maximum absolute atomic E-state index is 12.7. The van der Waals surface area contributed by atoms with Gasteiger partial charge in [0.2, 0.25) is 0 Å². The van der Waals surface area contributed by atoms with Crippen LogP contribution in [0.4, 0.5) is 5.69 Å². The van der Waals surface area contributed by atoms with Gasteiger partial charge in [-0.1, -0.05) is 19.9 Å². The lowest BCUT2D eigenvalue weighted by Gasteiger charge is -2.21. The molecule has 6 nitrogen and oxygen atoms in total. The number of benzene rings is 1. The van der Waals surface area contributed by atoms with Crippen LogP contribution in [0, 0.1) is 11.3 Å². The van der Waals surface area contributed by atoms with Crippen LogP contribution in [0.15, 0.2) is 42.7 Å². The number of rotatable bonds is 7. The van der Waals surface area contributed by atoms with E-state index < -0.39 is 0 Å². The van der Waals surface area contributed by atoms with Gasteiger partial charge >= 0.3 is 0 Å². The summed E-state index contributed by atoms with van der Waals surface area (Å²) < 4.78 is 0. The fourth-order valence-corrected chi connectivity index (χ4v) is 2.59. The molecule has 0 atom stereocenters. The molecule has 134 valence electrons. The summed E-state index contributed by atoms with van der Waals surface area (Å²) in [5.41, 5.74) is 1.67. The van der Waals surface area contributed by atoms with Crippen LogP contribution in [-0.2, 0) is 0 Å². The first-order valence-electron chi connectivity index (χ1n) is 8.64. The molecule has 0 saturated carbocycles. The average Bonchev–Trinajstić information content (AvgIpc) is 2.67. The van der Waals surface area contributed by atoms with Crippen molar-refractivity contribution in [1.29, 1.82) is 5.26 Å². The summed E-state index contributed by atoms with van der Waals surface area (Å²) in [5.74, 6) is -0.498. The van der Waals surface area contributed by atoms with Crippen molar-refractivity contribution in [2.75, 3.05) is 18.4 Å². The molecule has 0 unspecified atom stereocenters. The van der Waals surface area contributed by atoms with Crippen molar-refractivity contribution in [2.45, 2.75) is 26.7 Å². The summed E-state index contributed by atoms with van der Waals surface area (Å²) >= 11 is 0. The number of pyridine rings is 1. The van der Waals surface area contributed by atoms with Gasteiger partial charge in [-0.2, -0.15) is 5.26 Å². The zero-order chi connectivity index (χ0) is 18.9. The number of nitriles is 1. The predicted octanol–water partition coefficient (Wildman–Crippen LogP) is 3.47. The second-order valence-corrected chi connectivity index (χ2v) is 5.90. The Morgan fingerprint density at radius 2 is 1.81 bits per heavy atom. The van der Waals surface area contributed by atoms with Crippen LogP contribution in [0.2, 0.25) is 0 Å². The van der Waals surface area contributed by atoms with Crippen LogP contribution in [0.1, 0.15) is 53.0 Å². The molecular formula is C20H22N4O2. The Morgan fingerprint density at radius 3 is 2.46 bits per heavy atom. The Labute approximate surface area is 153 Å². The van der Waals surface area contributed by atoms with E-state index in [1.165, 1.54) is 12.4 Å². The molecule has 2 rings (SSSR count). The van der Waals surface area contributed by atoms with Gasteiger partial charge in [0.15, 0.2) is 0 Å². The lowest BCUT2D eigenvalue weighted by atomic mass is 10.1. The molecule has 26 heavy (non-hydrogen) atoms. The highest BCUT2D eigenvalue weighted by atomic mass is 16.2. The number of amides is 2. The maximum Gasteiger partial charge on any atom is 0.257 e. The molecule has 2 amide bonds. The van der Waals surface area contributed by atoms with Gasteiger partial charge in [0.05, 0.1) is 22.8 Å². The summed E-state index contributed by atoms with van der Waals surface area (Å²) in [6, 6.07) is 10.2. The first-order chi connectivity index (χ1) is 12.6. The first kappa shape index (κ1) is 19.1. The van der Waals surface area contributed by atoms with Crippen molar-refractivity contribution in [3.63, 3.8) is 0 Å². The van der Waals surface area contributed by atoms with Gasteiger partial charge in [-0.3, -0.25) is 14.6 Å². The quantitative estimate of drug-likeness (QED) is 0.828. The Kier molecular flexibility index (Phi) is 6.86. The van der Waals surface area contributed by atoms with Crippen molar-refractivity contribution in [1.82, 2.24) is 9.88 Å². The molecule has 1 N–H and O–H groups in total. The summed E-state index contributed by atoms with van der Waals surface area (Å²) in [5, 5.41) is 11.7. The third-order valence-corrected chi connectivity index (χ3v) is 3.77. The normalized spacial score (nSPS) is 10.0. The van der Waals surface area contributed by atoms with Crippen molar-refractivity contribution in [3.8, 4) is 6.07 Å². The SMILES string of the molecule is CCCN(CCC)C(=O)c1cncc(C(=O)Nc2cccc(C#N)c2)c1. The molecule has 1 heterocycles. The van der Waals surface area contributed by atoms with Gasteiger partial charge in [0, 0.05) is 31.2 Å². The van der Waals surface area contributed by atoms with E-state index >= 15 is 0 Å². The van der Waals surface area contributed by atoms with E-state index in [4.69, 9.17) is 5.26 Å². The highest BCUT2D eigenvalue weighted by Gasteiger charge is 2.17. The van der Waals surface area contributed by atoms with E-state index in [-0.39, 0.29) is 11.8 Å². The topological polar surface area (TPSA) is 86.1 Å². The van der Waals surface area contributed by atoms with Gasteiger partial charge in [0.25, 0.3) is 11.8 Å². The molecule has 2 aromatic rings. The summed E-state index contributed by atoms with van der Waals surface area (Å²) in [6.07, 6.45) is 4.64. The standard InChI is InChI=1S/C20H22N4O2/c1-3-8-24(9-4-2)20(26)17-11-16(13-22-14-17)19(25)23-18-7-5-6-15(10-18)12-21/h5-7,10-11,13-14H,3-4,8-9H2,1-2H3,(H,23,25). The molecule has 0 bridgehead atoms. The van der Waals surface area contributed by atoms with Crippen LogP contribution < -0.4 is 5.32 Å². The minimum Gasteiger partial charge on any atom is -0.339 e. The van der Waals surface area contributed by atoms with E-state index in [0.717, 1.165) is 12.8 Å². The predicted molar refractivity (Wildman–Crippen MR) is 99.8 cm³/mol. The second kappa shape index (κ2) is 9.33. The second-order valence-electron chi connectivity index (χ2n) is 5.90. The molecule has 1 aromatic heterocycles. The summed E-state index contributed by atoms with van der Waals surface area (Å²) in [7, 11) is 0. The van der Waals surface area contributed by atoms with Crippen LogP contribution in [-0.4, -0.2) is 34.8 Å². The van der Waals surface area contributed by atoms with E-state index in [0.29, 0.717) is 35.5 Å². The minimum atomic E-state index is -0.375. The van der Waals surface area contributed by atoms with E-state index in [1.807, 2.05) is 19.9 Å². The number of hydrogen-bond acceptors (Lipinski definition) is 4. The molecule has 0 spiro atoms. The van der Waals surface area contributed by atoms with Crippen LogP contribution in [0.5, 0.6) is 0 Å².